The number of rotatable bonds is 5. The van der Waals surface area contributed by atoms with E-state index < -0.39 is 0 Å². The molecule has 0 saturated carbocycles. The van der Waals surface area contributed by atoms with Crippen molar-refractivity contribution >= 4 is 16.6 Å². The van der Waals surface area contributed by atoms with Gasteiger partial charge in [-0.05, 0) is 49.7 Å². The lowest BCUT2D eigenvalue weighted by Crippen LogP contribution is -2.28. The molecule has 5 aromatic rings. The maximum Gasteiger partial charge on any atom is 0.351 e. The Bertz CT molecular complexity index is 1480. The zero-order valence-corrected chi connectivity index (χ0v) is 17.3. The summed E-state index contributed by atoms with van der Waals surface area (Å²) in [4.78, 5) is 17.9. The summed E-state index contributed by atoms with van der Waals surface area (Å²) in [6.07, 6.45) is 0.557. The second-order valence-electron chi connectivity index (χ2n) is 7.68. The lowest BCUT2D eigenvalue weighted by atomic mass is 10.2. The second-order valence-corrected chi connectivity index (χ2v) is 7.68. The summed E-state index contributed by atoms with van der Waals surface area (Å²) >= 11 is 0. The molecule has 0 saturated heterocycles. The number of benzene rings is 2. The summed E-state index contributed by atoms with van der Waals surface area (Å²) in [6.45, 7) is 4.84. The Balaban J connectivity index is 1.59. The Morgan fingerprint density at radius 1 is 1.00 bits per heavy atom. The number of para-hydroxylation sites is 1. The molecule has 0 amide bonds. The molecule has 0 N–H and O–H groups in total. The highest BCUT2D eigenvalue weighted by Gasteiger charge is 2.15. The Morgan fingerprint density at radius 3 is 2.61 bits per heavy atom. The number of nitrogens with zero attached hydrogens (tertiary/aromatic N) is 6. The van der Waals surface area contributed by atoms with Gasteiger partial charge in [0.2, 0.25) is 0 Å². The number of fused-ring (bicyclic) bond motifs is 3. The molecule has 0 spiro atoms. The molecule has 0 aliphatic carbocycles. The third-order valence-corrected chi connectivity index (χ3v) is 5.38. The minimum absolute atomic E-state index is 0.244. The smallest absolute Gasteiger partial charge is 0.287 e. The summed E-state index contributed by atoms with van der Waals surface area (Å²) in [6, 6.07) is 15.9. The molecule has 0 radical (unpaired) electrons. The van der Waals surface area contributed by atoms with Crippen molar-refractivity contribution in [2.24, 2.45) is 0 Å². The maximum atomic E-state index is 13.7. The fourth-order valence-electron chi connectivity index (χ4n) is 3.96. The van der Waals surface area contributed by atoms with Gasteiger partial charge in [0, 0.05) is 24.0 Å². The van der Waals surface area contributed by atoms with Gasteiger partial charge in [-0.2, -0.15) is 9.61 Å². The third-order valence-electron chi connectivity index (χ3n) is 5.38. The molecule has 0 unspecified atom stereocenters. The van der Waals surface area contributed by atoms with Crippen LogP contribution in [0.3, 0.4) is 0 Å². The number of hydrogen-bond donors (Lipinski definition) is 0. The first-order valence-corrected chi connectivity index (χ1v) is 10.1. The Labute approximate surface area is 177 Å². The standard InChI is InChI=1S/C23H21FN6O/c1-15-12-16(2)29(26-15)11-10-21-25-22-19-8-3-4-9-20(19)28(23(31)30(22)27-21)14-17-6-5-7-18(24)13-17/h3-9,12-13H,10-11,14H2,1-2H3. The topological polar surface area (TPSA) is 70.0 Å². The first-order chi connectivity index (χ1) is 15.0. The molecule has 3 heterocycles. The van der Waals surface area contributed by atoms with Crippen molar-refractivity contribution in [2.75, 3.05) is 0 Å². The minimum atomic E-state index is -0.330. The van der Waals surface area contributed by atoms with Gasteiger partial charge in [-0.15, -0.1) is 5.10 Å². The molecule has 0 fully saturated rings. The van der Waals surface area contributed by atoms with Crippen LogP contribution in [0.5, 0.6) is 0 Å². The Kier molecular flexibility index (Phi) is 4.62. The van der Waals surface area contributed by atoms with Crippen LogP contribution >= 0.6 is 0 Å². The van der Waals surface area contributed by atoms with E-state index in [1.807, 2.05) is 48.9 Å². The van der Waals surface area contributed by atoms with Crippen molar-refractivity contribution in [3.8, 4) is 0 Å². The van der Waals surface area contributed by atoms with Gasteiger partial charge in [0.05, 0.1) is 17.8 Å². The van der Waals surface area contributed by atoms with E-state index in [-0.39, 0.29) is 18.1 Å². The fraction of sp³-hybridized carbons (Fsp3) is 0.217. The van der Waals surface area contributed by atoms with Crippen molar-refractivity contribution in [1.82, 2.24) is 28.9 Å². The van der Waals surface area contributed by atoms with E-state index in [0.29, 0.717) is 30.0 Å². The van der Waals surface area contributed by atoms with Crippen LogP contribution in [-0.4, -0.2) is 28.9 Å². The number of hydrogen-bond acceptors (Lipinski definition) is 4. The number of aromatic nitrogens is 6. The lowest BCUT2D eigenvalue weighted by Gasteiger charge is -2.11. The fourth-order valence-corrected chi connectivity index (χ4v) is 3.96. The normalized spacial score (nSPS) is 11.6. The monoisotopic (exact) mass is 416 g/mol. The second kappa shape index (κ2) is 7.46. The van der Waals surface area contributed by atoms with E-state index in [0.717, 1.165) is 22.3 Å². The van der Waals surface area contributed by atoms with E-state index in [4.69, 9.17) is 0 Å². The first-order valence-electron chi connectivity index (χ1n) is 10.1. The van der Waals surface area contributed by atoms with Crippen LogP contribution in [0.15, 0.2) is 59.4 Å². The summed E-state index contributed by atoms with van der Waals surface area (Å²) < 4.78 is 18.5. The maximum absolute atomic E-state index is 13.7. The van der Waals surface area contributed by atoms with Crippen molar-refractivity contribution in [2.45, 2.75) is 33.4 Å². The average Bonchev–Trinajstić information content (AvgIpc) is 3.32. The molecule has 2 aromatic carbocycles. The summed E-state index contributed by atoms with van der Waals surface area (Å²) in [5.74, 6) is 0.251. The average molecular weight is 416 g/mol. The minimum Gasteiger partial charge on any atom is -0.287 e. The van der Waals surface area contributed by atoms with E-state index >= 15 is 0 Å². The van der Waals surface area contributed by atoms with Crippen molar-refractivity contribution < 1.29 is 4.39 Å². The van der Waals surface area contributed by atoms with Crippen LogP contribution in [0.1, 0.15) is 22.8 Å². The first kappa shape index (κ1) is 19.2. The highest BCUT2D eigenvalue weighted by atomic mass is 19.1. The highest BCUT2D eigenvalue weighted by molar-refractivity contribution is 5.91. The molecule has 0 atom stereocenters. The van der Waals surface area contributed by atoms with Crippen LogP contribution in [0.2, 0.25) is 0 Å². The largest absolute Gasteiger partial charge is 0.351 e. The summed E-state index contributed by atoms with van der Waals surface area (Å²) in [5, 5.41) is 9.79. The molecule has 3 aromatic heterocycles. The van der Waals surface area contributed by atoms with Crippen LogP contribution in [-0.2, 0) is 19.5 Å². The third kappa shape index (κ3) is 3.50. The van der Waals surface area contributed by atoms with Gasteiger partial charge in [0.15, 0.2) is 11.5 Å². The van der Waals surface area contributed by atoms with Crippen LogP contribution in [0.25, 0.3) is 16.6 Å². The van der Waals surface area contributed by atoms with Crippen molar-refractivity contribution in [3.63, 3.8) is 0 Å². The predicted octanol–water partition coefficient (Wildman–Crippen LogP) is 3.29. The molecular weight excluding hydrogens is 395 g/mol. The van der Waals surface area contributed by atoms with Crippen molar-refractivity contribution in [1.29, 1.82) is 0 Å². The SMILES string of the molecule is Cc1cc(C)n(CCc2nc3c4ccccc4n(Cc4cccc(F)c4)c(=O)n3n2)n1. The molecule has 156 valence electrons. The van der Waals surface area contributed by atoms with E-state index in [1.165, 1.54) is 16.6 Å². The van der Waals surface area contributed by atoms with E-state index in [1.54, 1.807) is 16.7 Å². The molecule has 7 nitrogen and oxygen atoms in total. The molecule has 8 heteroatoms. The zero-order chi connectivity index (χ0) is 21.5. The summed E-state index contributed by atoms with van der Waals surface area (Å²) in [5.41, 5.74) is 3.70. The van der Waals surface area contributed by atoms with Crippen molar-refractivity contribution in [3.05, 3.63) is 93.7 Å². The predicted molar refractivity (Wildman–Crippen MR) is 116 cm³/mol. The number of halogens is 1. The molecular formula is C23H21FN6O. The number of aryl methyl sites for hydroxylation is 4. The van der Waals surface area contributed by atoms with Gasteiger partial charge in [-0.25, -0.2) is 14.2 Å². The molecule has 0 aliphatic rings. The highest BCUT2D eigenvalue weighted by Crippen LogP contribution is 2.18. The lowest BCUT2D eigenvalue weighted by molar-refractivity contribution is 0.580. The van der Waals surface area contributed by atoms with E-state index in [2.05, 4.69) is 15.2 Å². The molecule has 0 bridgehead atoms. The van der Waals surface area contributed by atoms with Gasteiger partial charge in [-0.3, -0.25) is 9.25 Å². The van der Waals surface area contributed by atoms with Crippen LogP contribution in [0.4, 0.5) is 4.39 Å². The van der Waals surface area contributed by atoms with Gasteiger partial charge in [-0.1, -0.05) is 24.3 Å². The molecule has 31 heavy (non-hydrogen) atoms. The van der Waals surface area contributed by atoms with Gasteiger partial charge in [0.25, 0.3) is 0 Å². The van der Waals surface area contributed by atoms with Gasteiger partial charge in [0.1, 0.15) is 5.82 Å². The zero-order valence-electron chi connectivity index (χ0n) is 17.3. The van der Waals surface area contributed by atoms with Crippen LogP contribution in [0, 0.1) is 19.7 Å². The van der Waals surface area contributed by atoms with E-state index in [9.17, 15) is 9.18 Å². The quantitative estimate of drug-likeness (QED) is 0.441. The molecule has 5 rings (SSSR count). The van der Waals surface area contributed by atoms with Gasteiger partial charge < -0.3 is 0 Å². The summed E-state index contributed by atoms with van der Waals surface area (Å²) in [7, 11) is 0. The van der Waals surface area contributed by atoms with Gasteiger partial charge >= 0.3 is 5.69 Å². The molecule has 0 aliphatic heterocycles. The Morgan fingerprint density at radius 2 is 1.84 bits per heavy atom. The van der Waals surface area contributed by atoms with Crippen LogP contribution < -0.4 is 5.69 Å². The Hall–Kier alpha value is -3.81.